The fourth-order valence-corrected chi connectivity index (χ4v) is 4.45. The second-order valence-corrected chi connectivity index (χ2v) is 8.26. The number of hydrogen-bond donors (Lipinski definition) is 0. The monoisotopic (exact) mass is 396 g/mol. The van der Waals surface area contributed by atoms with Gasteiger partial charge in [0.25, 0.3) is 0 Å². The summed E-state index contributed by atoms with van der Waals surface area (Å²) in [6.45, 7) is 7.47. The Morgan fingerprint density at radius 2 is 1.86 bits per heavy atom. The molecule has 0 unspecified atom stereocenters. The molecular weight excluding hydrogens is 364 g/mol. The van der Waals surface area contributed by atoms with Crippen molar-refractivity contribution in [3.8, 4) is 17.2 Å². The Morgan fingerprint density at radius 1 is 1.07 bits per heavy atom. The molecule has 5 heteroatoms. The van der Waals surface area contributed by atoms with Crippen LogP contribution in [0.3, 0.4) is 0 Å². The summed E-state index contributed by atoms with van der Waals surface area (Å²) < 4.78 is 17.9. The van der Waals surface area contributed by atoms with Crippen LogP contribution in [-0.4, -0.2) is 55.8 Å². The molecule has 0 aliphatic carbocycles. The minimum Gasteiger partial charge on any atom is -0.493 e. The molecule has 0 amide bonds. The van der Waals surface area contributed by atoms with E-state index in [0.717, 1.165) is 62.8 Å². The number of para-hydroxylation sites is 1. The molecule has 2 aliphatic heterocycles. The third-order valence-electron chi connectivity index (χ3n) is 6.04. The maximum atomic E-state index is 6.69. The zero-order valence-electron chi connectivity index (χ0n) is 17.8. The van der Waals surface area contributed by atoms with Gasteiger partial charge in [-0.1, -0.05) is 24.3 Å². The molecule has 0 bridgehead atoms. The van der Waals surface area contributed by atoms with Gasteiger partial charge < -0.3 is 19.1 Å². The van der Waals surface area contributed by atoms with E-state index >= 15 is 0 Å². The highest BCUT2D eigenvalue weighted by molar-refractivity contribution is 5.43. The lowest BCUT2D eigenvalue weighted by atomic mass is 9.90. The van der Waals surface area contributed by atoms with Gasteiger partial charge >= 0.3 is 0 Å². The minimum atomic E-state index is -0.117. The lowest BCUT2D eigenvalue weighted by molar-refractivity contribution is -0.0146. The second kappa shape index (κ2) is 8.64. The fraction of sp³-hybridized carbons (Fsp3) is 0.500. The maximum absolute atomic E-state index is 6.69. The van der Waals surface area contributed by atoms with Gasteiger partial charge in [-0.2, -0.15) is 0 Å². The van der Waals surface area contributed by atoms with Crippen LogP contribution in [-0.2, 0) is 13.1 Å². The van der Waals surface area contributed by atoms with Gasteiger partial charge in [0.05, 0.1) is 13.7 Å². The summed E-state index contributed by atoms with van der Waals surface area (Å²) in [4.78, 5) is 4.92. The van der Waals surface area contributed by atoms with Gasteiger partial charge in [-0.3, -0.25) is 4.90 Å². The van der Waals surface area contributed by atoms with Crippen molar-refractivity contribution in [2.75, 3.05) is 40.4 Å². The quantitative estimate of drug-likeness (QED) is 0.764. The first-order valence-electron chi connectivity index (χ1n) is 10.6. The van der Waals surface area contributed by atoms with Gasteiger partial charge in [0.1, 0.15) is 11.4 Å². The van der Waals surface area contributed by atoms with Crippen LogP contribution in [0.2, 0.25) is 0 Å². The molecule has 0 radical (unpaired) electrons. The van der Waals surface area contributed by atoms with E-state index in [1.54, 1.807) is 7.11 Å². The van der Waals surface area contributed by atoms with Gasteiger partial charge in [-0.15, -0.1) is 0 Å². The minimum absolute atomic E-state index is 0.117. The Kier molecular flexibility index (Phi) is 5.97. The zero-order valence-corrected chi connectivity index (χ0v) is 17.8. The molecule has 1 fully saturated rings. The highest BCUT2D eigenvalue weighted by Crippen LogP contribution is 2.36. The maximum Gasteiger partial charge on any atom is 0.161 e. The first kappa shape index (κ1) is 20.0. The van der Waals surface area contributed by atoms with Gasteiger partial charge in [0.15, 0.2) is 11.5 Å². The van der Waals surface area contributed by atoms with Crippen molar-refractivity contribution >= 4 is 0 Å². The summed E-state index contributed by atoms with van der Waals surface area (Å²) >= 11 is 0. The number of fused-ring (bicyclic) bond motifs is 1. The highest BCUT2D eigenvalue weighted by Gasteiger charge is 2.40. The number of nitrogens with zero attached hydrogens (tertiary/aromatic N) is 2. The first-order chi connectivity index (χ1) is 14.1. The summed E-state index contributed by atoms with van der Waals surface area (Å²) in [6, 6.07) is 14.8. The predicted molar refractivity (Wildman–Crippen MR) is 115 cm³/mol. The van der Waals surface area contributed by atoms with Gasteiger partial charge in [-0.25, -0.2) is 0 Å². The molecule has 0 aromatic heterocycles. The van der Waals surface area contributed by atoms with E-state index in [9.17, 15) is 0 Å². The lowest BCUT2D eigenvalue weighted by Gasteiger charge is -2.42. The third kappa shape index (κ3) is 4.51. The molecule has 2 heterocycles. The molecule has 2 aliphatic rings. The molecule has 29 heavy (non-hydrogen) atoms. The molecule has 156 valence electrons. The van der Waals surface area contributed by atoms with E-state index in [1.165, 1.54) is 11.1 Å². The molecule has 1 saturated heterocycles. The van der Waals surface area contributed by atoms with E-state index in [2.05, 4.69) is 53.2 Å². The smallest absolute Gasteiger partial charge is 0.161 e. The van der Waals surface area contributed by atoms with Crippen molar-refractivity contribution in [3.05, 3.63) is 53.6 Å². The van der Waals surface area contributed by atoms with Crippen LogP contribution in [0.5, 0.6) is 17.2 Å². The van der Waals surface area contributed by atoms with E-state index < -0.39 is 0 Å². The van der Waals surface area contributed by atoms with Crippen molar-refractivity contribution < 1.29 is 14.2 Å². The number of methoxy groups -OCH3 is 1. The normalized spacial score (nSPS) is 19.3. The van der Waals surface area contributed by atoms with Crippen LogP contribution < -0.4 is 14.2 Å². The van der Waals surface area contributed by atoms with Crippen molar-refractivity contribution in [1.82, 2.24) is 9.80 Å². The van der Waals surface area contributed by atoms with Crippen molar-refractivity contribution in [2.45, 2.75) is 38.5 Å². The Labute approximate surface area is 174 Å². The van der Waals surface area contributed by atoms with Crippen LogP contribution in [0.25, 0.3) is 0 Å². The van der Waals surface area contributed by atoms with Crippen LogP contribution >= 0.6 is 0 Å². The number of ether oxygens (including phenoxy) is 3. The zero-order chi connectivity index (χ0) is 20.3. The van der Waals surface area contributed by atoms with E-state index in [4.69, 9.17) is 14.2 Å². The average Bonchev–Trinajstić information content (AvgIpc) is 2.87. The SMILES string of the molecule is CCOc1cc(CN2Cc3ccccc3OC3(CCN(C)CC3)C2)ccc1OC. The van der Waals surface area contributed by atoms with Crippen molar-refractivity contribution in [2.24, 2.45) is 0 Å². The van der Waals surface area contributed by atoms with Crippen molar-refractivity contribution in [1.29, 1.82) is 0 Å². The van der Waals surface area contributed by atoms with Crippen LogP contribution in [0.4, 0.5) is 0 Å². The van der Waals surface area contributed by atoms with Gasteiger partial charge in [0, 0.05) is 51.1 Å². The lowest BCUT2D eigenvalue weighted by Crippen LogP contribution is -2.52. The predicted octanol–water partition coefficient (Wildman–Crippen LogP) is 3.95. The number of benzene rings is 2. The van der Waals surface area contributed by atoms with Gasteiger partial charge in [-0.05, 0) is 37.7 Å². The summed E-state index contributed by atoms with van der Waals surface area (Å²) in [6.07, 6.45) is 2.11. The van der Waals surface area contributed by atoms with Crippen molar-refractivity contribution in [3.63, 3.8) is 0 Å². The third-order valence-corrected chi connectivity index (χ3v) is 6.04. The van der Waals surface area contributed by atoms with Crippen LogP contribution in [0.1, 0.15) is 30.9 Å². The highest BCUT2D eigenvalue weighted by atomic mass is 16.5. The Balaban J connectivity index is 1.60. The largest absolute Gasteiger partial charge is 0.493 e. The number of likely N-dealkylation sites (tertiary alicyclic amines) is 1. The molecule has 2 aromatic carbocycles. The number of hydrogen-bond acceptors (Lipinski definition) is 5. The second-order valence-electron chi connectivity index (χ2n) is 8.26. The Morgan fingerprint density at radius 3 is 2.62 bits per heavy atom. The van der Waals surface area contributed by atoms with Crippen LogP contribution in [0.15, 0.2) is 42.5 Å². The fourth-order valence-electron chi connectivity index (χ4n) is 4.45. The molecule has 4 rings (SSSR count). The molecule has 5 nitrogen and oxygen atoms in total. The average molecular weight is 397 g/mol. The molecular formula is C24H32N2O3. The molecule has 0 saturated carbocycles. The van der Waals surface area contributed by atoms with Gasteiger partial charge in [0.2, 0.25) is 0 Å². The Bertz CT molecular complexity index is 831. The summed E-state index contributed by atoms with van der Waals surface area (Å²) in [7, 11) is 3.88. The van der Waals surface area contributed by atoms with Crippen LogP contribution in [0, 0.1) is 0 Å². The molecule has 1 spiro atoms. The molecule has 2 aromatic rings. The van der Waals surface area contributed by atoms with E-state index in [-0.39, 0.29) is 5.60 Å². The van der Waals surface area contributed by atoms with E-state index in [1.807, 2.05) is 13.0 Å². The summed E-state index contributed by atoms with van der Waals surface area (Å²) in [5.41, 5.74) is 2.38. The summed E-state index contributed by atoms with van der Waals surface area (Å²) in [5, 5.41) is 0. The standard InChI is InChI=1S/C24H32N2O3/c1-4-28-23-15-19(9-10-22(23)27-3)16-26-17-20-7-5-6-8-21(20)29-24(18-26)11-13-25(2)14-12-24/h5-10,15H,4,11-14,16-18H2,1-3H3. The Hall–Kier alpha value is -2.24. The number of rotatable bonds is 5. The molecule has 0 atom stereocenters. The van der Waals surface area contributed by atoms with E-state index in [0.29, 0.717) is 6.61 Å². The summed E-state index contributed by atoms with van der Waals surface area (Å²) in [5.74, 6) is 2.64. The topological polar surface area (TPSA) is 34.2 Å². The number of piperidine rings is 1. The first-order valence-corrected chi connectivity index (χ1v) is 10.6. The molecule has 0 N–H and O–H groups in total.